The molecule has 1 amide bonds. The summed E-state index contributed by atoms with van der Waals surface area (Å²) in [6.07, 6.45) is 7.72. The van der Waals surface area contributed by atoms with E-state index in [0.717, 1.165) is 25.8 Å². The summed E-state index contributed by atoms with van der Waals surface area (Å²) in [5, 5.41) is 8.61. The van der Waals surface area contributed by atoms with Gasteiger partial charge >= 0.3 is 5.97 Å². The quantitative estimate of drug-likeness (QED) is 0.728. The second kappa shape index (κ2) is 8.98. The molecule has 1 aliphatic rings. The minimum atomic E-state index is -0.773. The highest BCUT2D eigenvalue weighted by molar-refractivity contribution is 5.76. The first-order chi connectivity index (χ1) is 9.50. The van der Waals surface area contributed by atoms with E-state index in [1.165, 1.54) is 12.8 Å². The Bertz CT molecular complexity index is 315. The molecule has 4 heteroatoms. The van der Waals surface area contributed by atoms with Gasteiger partial charge in [-0.05, 0) is 38.0 Å². The number of hydrogen-bond donors (Lipinski definition) is 1. The zero-order valence-corrected chi connectivity index (χ0v) is 12.9. The maximum atomic E-state index is 12.4. The summed E-state index contributed by atoms with van der Waals surface area (Å²) in [5.41, 5.74) is 0. The first-order valence-electron chi connectivity index (χ1n) is 8.02. The molecule has 1 aliphatic heterocycles. The summed E-state index contributed by atoms with van der Waals surface area (Å²) < 4.78 is 0. The van der Waals surface area contributed by atoms with Crippen molar-refractivity contribution in [3.8, 4) is 0 Å². The monoisotopic (exact) mass is 283 g/mol. The molecular formula is C16H29NO3. The van der Waals surface area contributed by atoms with Crippen LogP contribution in [0.1, 0.15) is 71.6 Å². The Balaban J connectivity index is 2.45. The van der Waals surface area contributed by atoms with E-state index in [1.807, 2.05) is 0 Å². The molecule has 0 saturated carbocycles. The lowest BCUT2D eigenvalue weighted by Crippen LogP contribution is -2.40. The van der Waals surface area contributed by atoms with Gasteiger partial charge in [0.25, 0.3) is 0 Å². The molecule has 1 atom stereocenters. The van der Waals surface area contributed by atoms with Gasteiger partial charge in [-0.3, -0.25) is 9.59 Å². The van der Waals surface area contributed by atoms with E-state index < -0.39 is 5.97 Å². The van der Waals surface area contributed by atoms with Crippen molar-refractivity contribution >= 4 is 11.9 Å². The van der Waals surface area contributed by atoms with Crippen molar-refractivity contribution in [3.63, 3.8) is 0 Å². The van der Waals surface area contributed by atoms with Crippen molar-refractivity contribution in [2.24, 2.45) is 5.92 Å². The lowest BCUT2D eigenvalue weighted by molar-refractivity contribution is -0.138. The molecule has 1 saturated heterocycles. The Morgan fingerprint density at radius 2 is 1.85 bits per heavy atom. The van der Waals surface area contributed by atoms with E-state index in [0.29, 0.717) is 31.2 Å². The van der Waals surface area contributed by atoms with E-state index >= 15 is 0 Å². The van der Waals surface area contributed by atoms with Crippen molar-refractivity contribution < 1.29 is 14.7 Å². The molecule has 1 fully saturated rings. The molecule has 0 aliphatic carbocycles. The third-order valence-corrected chi connectivity index (χ3v) is 3.97. The zero-order valence-electron chi connectivity index (χ0n) is 12.9. The van der Waals surface area contributed by atoms with Crippen LogP contribution in [0.2, 0.25) is 0 Å². The molecule has 0 aromatic rings. The lowest BCUT2D eigenvalue weighted by atomic mass is 9.98. The number of carboxylic acids is 1. The van der Waals surface area contributed by atoms with Gasteiger partial charge in [-0.15, -0.1) is 0 Å². The molecule has 1 heterocycles. The number of aliphatic carboxylic acids is 1. The van der Waals surface area contributed by atoms with Crippen molar-refractivity contribution in [2.45, 2.75) is 77.7 Å². The van der Waals surface area contributed by atoms with Crippen LogP contribution >= 0.6 is 0 Å². The van der Waals surface area contributed by atoms with Gasteiger partial charge < -0.3 is 10.0 Å². The predicted molar refractivity (Wildman–Crippen MR) is 79.5 cm³/mol. The van der Waals surface area contributed by atoms with Gasteiger partial charge in [0.05, 0.1) is 0 Å². The Morgan fingerprint density at radius 1 is 1.15 bits per heavy atom. The first kappa shape index (κ1) is 17.0. The smallest absolute Gasteiger partial charge is 0.303 e. The largest absolute Gasteiger partial charge is 0.481 e. The van der Waals surface area contributed by atoms with Crippen LogP contribution in [0.5, 0.6) is 0 Å². The summed E-state index contributed by atoms with van der Waals surface area (Å²) >= 11 is 0. The normalized spacial score (nSPS) is 19.9. The predicted octanol–water partition coefficient (Wildman–Crippen LogP) is 3.45. The van der Waals surface area contributed by atoms with E-state index in [4.69, 9.17) is 5.11 Å². The number of unbranched alkanes of at least 4 members (excludes halogenated alkanes) is 1. The number of likely N-dealkylation sites (tertiary alicyclic amines) is 1. The van der Waals surface area contributed by atoms with Gasteiger partial charge in [0.15, 0.2) is 0 Å². The molecule has 116 valence electrons. The van der Waals surface area contributed by atoms with Crippen LogP contribution in [0.15, 0.2) is 0 Å². The molecule has 1 rings (SSSR count). The molecule has 0 bridgehead atoms. The Labute approximate surface area is 122 Å². The number of nitrogens with zero attached hydrogens (tertiary/aromatic N) is 1. The molecule has 4 nitrogen and oxygen atoms in total. The van der Waals surface area contributed by atoms with E-state index in [9.17, 15) is 9.59 Å². The molecule has 0 aromatic carbocycles. The Kier molecular flexibility index (Phi) is 7.63. The first-order valence-corrected chi connectivity index (χ1v) is 8.02. The number of carbonyl (C=O) groups is 2. The highest BCUT2D eigenvalue weighted by Crippen LogP contribution is 2.23. The number of rotatable bonds is 7. The average molecular weight is 283 g/mol. The van der Waals surface area contributed by atoms with Crippen LogP contribution in [0.25, 0.3) is 0 Å². The van der Waals surface area contributed by atoms with E-state index in [1.54, 1.807) is 0 Å². The molecule has 1 N–H and O–H groups in total. The highest BCUT2D eigenvalue weighted by Gasteiger charge is 2.25. The maximum Gasteiger partial charge on any atom is 0.303 e. The van der Waals surface area contributed by atoms with Crippen LogP contribution in [-0.4, -0.2) is 34.5 Å². The fourth-order valence-electron chi connectivity index (χ4n) is 2.99. The van der Waals surface area contributed by atoms with Crippen LogP contribution in [0.4, 0.5) is 0 Å². The lowest BCUT2D eigenvalue weighted by Gasteiger charge is -2.31. The van der Waals surface area contributed by atoms with Gasteiger partial charge in [-0.1, -0.05) is 26.7 Å². The van der Waals surface area contributed by atoms with Gasteiger partial charge in [0.2, 0.25) is 5.91 Å². The van der Waals surface area contributed by atoms with Gasteiger partial charge in [-0.2, -0.15) is 0 Å². The van der Waals surface area contributed by atoms with Crippen LogP contribution in [-0.2, 0) is 9.59 Å². The number of carboxylic acid groups (broad SMARTS) is 1. The third kappa shape index (κ3) is 6.40. The van der Waals surface area contributed by atoms with Gasteiger partial charge in [0, 0.05) is 25.4 Å². The van der Waals surface area contributed by atoms with E-state index in [2.05, 4.69) is 18.7 Å². The van der Waals surface area contributed by atoms with Crippen molar-refractivity contribution in [1.82, 2.24) is 4.90 Å². The number of hydrogen-bond acceptors (Lipinski definition) is 2. The van der Waals surface area contributed by atoms with Crippen LogP contribution in [0.3, 0.4) is 0 Å². The summed E-state index contributed by atoms with van der Waals surface area (Å²) in [7, 11) is 0. The second-order valence-electron chi connectivity index (χ2n) is 6.32. The minimum absolute atomic E-state index is 0.169. The summed E-state index contributed by atoms with van der Waals surface area (Å²) in [5.74, 6) is 0.0632. The molecule has 0 aromatic heterocycles. The standard InChI is InChI=1S/C16H29NO3/c1-13(2)12-14-8-4-3-7-11-17(14)15(18)9-5-6-10-16(19)20/h13-14H,3-12H2,1-2H3,(H,19,20). The number of carbonyl (C=O) groups excluding carboxylic acids is 1. The third-order valence-electron chi connectivity index (χ3n) is 3.97. The van der Waals surface area contributed by atoms with Gasteiger partial charge in [0.1, 0.15) is 0 Å². The second-order valence-corrected chi connectivity index (χ2v) is 6.32. The zero-order chi connectivity index (χ0) is 15.0. The van der Waals surface area contributed by atoms with Crippen LogP contribution in [0, 0.1) is 5.92 Å². The summed E-state index contributed by atoms with van der Waals surface area (Å²) in [6.45, 7) is 5.30. The van der Waals surface area contributed by atoms with Gasteiger partial charge in [-0.25, -0.2) is 0 Å². The topological polar surface area (TPSA) is 57.6 Å². The van der Waals surface area contributed by atoms with Crippen molar-refractivity contribution in [2.75, 3.05) is 6.54 Å². The average Bonchev–Trinajstić information content (AvgIpc) is 2.59. The van der Waals surface area contributed by atoms with E-state index in [-0.39, 0.29) is 12.3 Å². The van der Waals surface area contributed by atoms with Crippen LogP contribution < -0.4 is 0 Å². The fourth-order valence-corrected chi connectivity index (χ4v) is 2.99. The maximum absolute atomic E-state index is 12.4. The van der Waals surface area contributed by atoms with Crippen molar-refractivity contribution in [3.05, 3.63) is 0 Å². The molecule has 0 spiro atoms. The molecular weight excluding hydrogens is 254 g/mol. The summed E-state index contributed by atoms with van der Waals surface area (Å²) in [6, 6.07) is 0.393. The minimum Gasteiger partial charge on any atom is -0.481 e. The molecule has 20 heavy (non-hydrogen) atoms. The fraction of sp³-hybridized carbons (Fsp3) is 0.875. The molecule has 0 radical (unpaired) electrons. The Morgan fingerprint density at radius 3 is 2.50 bits per heavy atom. The molecule has 1 unspecified atom stereocenters. The highest BCUT2D eigenvalue weighted by atomic mass is 16.4. The Hall–Kier alpha value is -1.06. The number of amides is 1. The van der Waals surface area contributed by atoms with Crippen molar-refractivity contribution in [1.29, 1.82) is 0 Å². The summed E-state index contributed by atoms with van der Waals surface area (Å²) in [4.78, 5) is 24.9. The SMILES string of the molecule is CC(C)CC1CCCCCN1C(=O)CCCCC(=O)O.